The van der Waals surface area contributed by atoms with Gasteiger partial charge in [-0.25, -0.2) is 4.79 Å². The second kappa shape index (κ2) is 5.48. The largest absolute Gasteiger partial charge is 0.480 e. The molecule has 0 spiro atoms. The lowest BCUT2D eigenvalue weighted by atomic mass is 10.2. The van der Waals surface area contributed by atoms with E-state index >= 15 is 0 Å². The number of aliphatic carboxylic acids is 1. The number of thiophene rings is 1. The molecule has 2 amide bonds. The Balaban J connectivity index is 1.60. The minimum atomic E-state index is -0.996. The molecule has 1 unspecified atom stereocenters. The highest BCUT2D eigenvalue weighted by molar-refractivity contribution is 7.18. The Morgan fingerprint density at radius 3 is 2.48 bits per heavy atom. The fraction of sp³-hybridized carbons (Fsp3) is 0.500. The maximum Gasteiger partial charge on any atom is 0.326 e. The second-order valence-electron chi connectivity index (χ2n) is 5.55. The molecule has 2 aliphatic carbocycles. The highest BCUT2D eigenvalue weighted by Gasteiger charge is 2.37. The Hall–Kier alpha value is -1.89. The van der Waals surface area contributed by atoms with Crippen LogP contribution in [-0.4, -0.2) is 28.9 Å². The SMILES string of the molecule is O=C(NC(C(=O)O)C1CC1)c1ccc(NC(=O)C2CC2)s1. The van der Waals surface area contributed by atoms with Crippen molar-refractivity contribution >= 4 is 34.1 Å². The number of amides is 2. The summed E-state index contributed by atoms with van der Waals surface area (Å²) in [7, 11) is 0. The van der Waals surface area contributed by atoms with E-state index in [1.54, 1.807) is 12.1 Å². The summed E-state index contributed by atoms with van der Waals surface area (Å²) in [5.41, 5.74) is 0. The number of carboxylic acid groups (broad SMARTS) is 1. The molecule has 3 rings (SSSR count). The van der Waals surface area contributed by atoms with E-state index in [2.05, 4.69) is 10.6 Å². The molecule has 2 fully saturated rings. The quantitative estimate of drug-likeness (QED) is 0.745. The summed E-state index contributed by atoms with van der Waals surface area (Å²) in [5.74, 6) is -1.25. The van der Waals surface area contributed by atoms with Crippen molar-refractivity contribution in [1.82, 2.24) is 5.32 Å². The van der Waals surface area contributed by atoms with Gasteiger partial charge in [0.25, 0.3) is 5.91 Å². The number of carbonyl (C=O) groups is 3. The Morgan fingerprint density at radius 2 is 1.90 bits per heavy atom. The van der Waals surface area contributed by atoms with Crippen molar-refractivity contribution in [1.29, 1.82) is 0 Å². The Labute approximate surface area is 125 Å². The van der Waals surface area contributed by atoms with E-state index in [1.807, 2.05) is 0 Å². The van der Waals surface area contributed by atoms with Crippen LogP contribution in [0.25, 0.3) is 0 Å². The Bertz CT molecular complexity index is 590. The molecule has 3 N–H and O–H groups in total. The number of rotatable bonds is 6. The molecule has 0 radical (unpaired) electrons. The van der Waals surface area contributed by atoms with Gasteiger partial charge in [-0.15, -0.1) is 11.3 Å². The van der Waals surface area contributed by atoms with Gasteiger partial charge in [0, 0.05) is 5.92 Å². The fourth-order valence-electron chi connectivity index (χ4n) is 2.12. The first-order chi connectivity index (χ1) is 10.0. The van der Waals surface area contributed by atoms with Gasteiger partial charge < -0.3 is 15.7 Å². The molecule has 21 heavy (non-hydrogen) atoms. The molecule has 0 saturated heterocycles. The van der Waals surface area contributed by atoms with E-state index in [1.165, 1.54) is 0 Å². The smallest absolute Gasteiger partial charge is 0.326 e. The van der Waals surface area contributed by atoms with E-state index in [9.17, 15) is 14.4 Å². The summed E-state index contributed by atoms with van der Waals surface area (Å²) in [6.07, 6.45) is 3.52. The van der Waals surface area contributed by atoms with Gasteiger partial charge in [0.2, 0.25) is 5.91 Å². The molecule has 1 heterocycles. The predicted molar refractivity (Wildman–Crippen MR) is 77.3 cm³/mol. The first-order valence-corrected chi connectivity index (χ1v) is 7.80. The highest BCUT2D eigenvalue weighted by Crippen LogP contribution is 2.34. The van der Waals surface area contributed by atoms with Gasteiger partial charge in [0.1, 0.15) is 6.04 Å². The molecule has 1 aromatic rings. The zero-order chi connectivity index (χ0) is 15.0. The third kappa shape index (κ3) is 3.41. The van der Waals surface area contributed by atoms with E-state index in [0.717, 1.165) is 37.0 Å². The molecule has 0 aliphatic heterocycles. The van der Waals surface area contributed by atoms with Crippen molar-refractivity contribution in [2.24, 2.45) is 11.8 Å². The molecule has 2 aliphatic rings. The van der Waals surface area contributed by atoms with Crippen molar-refractivity contribution in [3.05, 3.63) is 17.0 Å². The lowest BCUT2D eigenvalue weighted by Crippen LogP contribution is -2.42. The van der Waals surface area contributed by atoms with E-state index in [4.69, 9.17) is 5.11 Å². The normalized spacial score (nSPS) is 18.9. The zero-order valence-corrected chi connectivity index (χ0v) is 12.1. The van der Waals surface area contributed by atoms with Crippen LogP contribution in [-0.2, 0) is 9.59 Å². The lowest BCUT2D eigenvalue weighted by molar-refractivity contribution is -0.139. The maximum atomic E-state index is 12.1. The zero-order valence-electron chi connectivity index (χ0n) is 11.3. The average molecular weight is 308 g/mol. The van der Waals surface area contributed by atoms with Crippen molar-refractivity contribution < 1.29 is 19.5 Å². The van der Waals surface area contributed by atoms with Crippen LogP contribution in [0.15, 0.2) is 12.1 Å². The van der Waals surface area contributed by atoms with E-state index in [-0.39, 0.29) is 17.7 Å². The molecule has 7 heteroatoms. The number of hydrogen-bond acceptors (Lipinski definition) is 4. The number of nitrogens with one attached hydrogen (secondary N) is 2. The van der Waals surface area contributed by atoms with Crippen LogP contribution >= 0.6 is 11.3 Å². The van der Waals surface area contributed by atoms with Crippen LogP contribution in [0.2, 0.25) is 0 Å². The molecule has 1 atom stereocenters. The molecule has 112 valence electrons. The first kappa shape index (κ1) is 14.1. The monoisotopic (exact) mass is 308 g/mol. The van der Waals surface area contributed by atoms with Crippen LogP contribution in [0.5, 0.6) is 0 Å². The lowest BCUT2D eigenvalue weighted by Gasteiger charge is -2.12. The summed E-state index contributed by atoms with van der Waals surface area (Å²) in [6.45, 7) is 0. The van der Waals surface area contributed by atoms with Gasteiger partial charge in [-0.3, -0.25) is 9.59 Å². The first-order valence-electron chi connectivity index (χ1n) is 6.99. The average Bonchev–Trinajstić information content (AvgIpc) is 3.33. The molecule has 0 bridgehead atoms. The maximum absolute atomic E-state index is 12.1. The van der Waals surface area contributed by atoms with Gasteiger partial charge in [-0.05, 0) is 43.7 Å². The number of carbonyl (C=O) groups excluding carboxylic acids is 2. The third-order valence-corrected chi connectivity index (χ3v) is 4.67. The van der Waals surface area contributed by atoms with Crippen LogP contribution in [0.3, 0.4) is 0 Å². The molecule has 2 saturated carbocycles. The van der Waals surface area contributed by atoms with Crippen LogP contribution in [0.1, 0.15) is 35.4 Å². The molecule has 1 aromatic heterocycles. The molecular formula is C14H16N2O4S. The summed E-state index contributed by atoms with van der Waals surface area (Å²) in [6, 6.07) is 2.46. The molecule has 0 aromatic carbocycles. The van der Waals surface area contributed by atoms with Crippen molar-refractivity contribution in [2.75, 3.05) is 5.32 Å². The van der Waals surface area contributed by atoms with Gasteiger partial charge in [-0.2, -0.15) is 0 Å². The number of carboxylic acids is 1. The summed E-state index contributed by atoms with van der Waals surface area (Å²) >= 11 is 1.16. The van der Waals surface area contributed by atoms with E-state index < -0.39 is 17.9 Å². The van der Waals surface area contributed by atoms with Crippen LogP contribution in [0.4, 0.5) is 5.00 Å². The third-order valence-electron chi connectivity index (χ3n) is 3.67. The van der Waals surface area contributed by atoms with Gasteiger partial charge in [0.15, 0.2) is 0 Å². The summed E-state index contributed by atoms with van der Waals surface area (Å²) in [4.78, 5) is 35.2. The standard InChI is InChI=1S/C14H16N2O4S/c17-12(8-3-4-8)15-10-6-5-9(21-10)13(18)16-11(14(19)20)7-1-2-7/h5-8,11H,1-4H2,(H,15,17)(H,16,18)(H,19,20). The van der Waals surface area contributed by atoms with Gasteiger partial charge >= 0.3 is 5.97 Å². The van der Waals surface area contributed by atoms with Gasteiger partial charge in [-0.1, -0.05) is 0 Å². The van der Waals surface area contributed by atoms with E-state index in [0.29, 0.717) is 9.88 Å². The van der Waals surface area contributed by atoms with Crippen molar-refractivity contribution in [3.63, 3.8) is 0 Å². The fourth-order valence-corrected chi connectivity index (χ4v) is 2.93. The van der Waals surface area contributed by atoms with Crippen LogP contribution in [0, 0.1) is 11.8 Å². The summed E-state index contributed by atoms with van der Waals surface area (Å²) < 4.78 is 0. The Morgan fingerprint density at radius 1 is 1.19 bits per heavy atom. The van der Waals surface area contributed by atoms with Crippen LogP contribution < -0.4 is 10.6 Å². The highest BCUT2D eigenvalue weighted by atomic mass is 32.1. The summed E-state index contributed by atoms with van der Waals surface area (Å²) in [5, 5.41) is 15.1. The second-order valence-corrected chi connectivity index (χ2v) is 6.64. The van der Waals surface area contributed by atoms with Crippen molar-refractivity contribution in [3.8, 4) is 0 Å². The Kier molecular flexibility index (Phi) is 3.67. The van der Waals surface area contributed by atoms with Crippen molar-refractivity contribution in [2.45, 2.75) is 31.7 Å². The minimum Gasteiger partial charge on any atom is -0.480 e. The molecular weight excluding hydrogens is 292 g/mol. The topological polar surface area (TPSA) is 95.5 Å². The van der Waals surface area contributed by atoms with Gasteiger partial charge in [0.05, 0.1) is 9.88 Å². The number of hydrogen-bond donors (Lipinski definition) is 3. The molecule has 6 nitrogen and oxygen atoms in total. The number of anilines is 1. The predicted octanol–water partition coefficient (Wildman–Crippen LogP) is 1.69. The minimum absolute atomic E-state index is 0.00907.